The quantitative estimate of drug-likeness (QED) is 0.0264. The predicted octanol–water partition coefficient (Wildman–Crippen LogP) is 30.4. The lowest BCUT2D eigenvalue weighted by atomic mass is 10.0. The summed E-state index contributed by atoms with van der Waals surface area (Å²) in [5, 5.41) is 0. The van der Waals surface area contributed by atoms with Crippen LogP contribution in [0, 0.1) is 0 Å². The van der Waals surface area contributed by atoms with Crippen molar-refractivity contribution in [2.75, 3.05) is 26.4 Å². The molecule has 0 radical (unpaired) electrons. The summed E-state index contributed by atoms with van der Waals surface area (Å²) in [7, 11) is -4.40. The lowest BCUT2D eigenvalue weighted by molar-refractivity contribution is -0.161. The van der Waals surface area contributed by atoms with Crippen molar-refractivity contribution in [2.45, 2.75) is 482 Å². The van der Waals surface area contributed by atoms with Crippen LogP contribution in [-0.2, 0) is 32.7 Å². The Kier molecular flexibility index (Phi) is 84.7. The highest BCUT2D eigenvalue weighted by Crippen LogP contribution is 2.43. The number of rotatable bonds is 86. The molecule has 0 aliphatic heterocycles. The molecule has 0 aliphatic rings. The van der Waals surface area contributed by atoms with Crippen molar-refractivity contribution in [2.24, 2.45) is 5.73 Å². The van der Waals surface area contributed by atoms with E-state index >= 15 is 0 Å². The maximum atomic E-state index is 12.8. The third-order valence-electron chi connectivity index (χ3n) is 20.4. The van der Waals surface area contributed by atoms with Crippen molar-refractivity contribution in [3.8, 4) is 0 Å². The number of esters is 2. The van der Waals surface area contributed by atoms with E-state index in [1.165, 1.54) is 392 Å². The molecule has 0 aromatic heterocycles. The molecule has 0 rings (SSSR count). The van der Waals surface area contributed by atoms with Gasteiger partial charge in [0.1, 0.15) is 6.61 Å². The first-order chi connectivity index (χ1) is 49.8. The second-order valence-corrected chi connectivity index (χ2v) is 31.9. The molecule has 9 nitrogen and oxygen atoms in total. The number of carbonyl (C=O) groups is 2. The van der Waals surface area contributed by atoms with Crippen LogP contribution in [0.5, 0.6) is 0 Å². The Morgan fingerprint density at radius 3 is 0.762 bits per heavy atom. The molecule has 2 unspecified atom stereocenters. The van der Waals surface area contributed by atoms with E-state index < -0.39 is 26.5 Å². The van der Waals surface area contributed by atoms with E-state index in [1.807, 2.05) is 0 Å². The second-order valence-electron chi connectivity index (χ2n) is 30.5. The predicted molar refractivity (Wildman–Crippen MR) is 441 cm³/mol. The lowest BCUT2D eigenvalue weighted by Gasteiger charge is -2.19. The normalized spacial score (nSPS) is 13.0. The zero-order chi connectivity index (χ0) is 72.9. The molecule has 0 spiro atoms. The molecule has 0 bridgehead atoms. The van der Waals surface area contributed by atoms with Crippen molar-refractivity contribution in [1.29, 1.82) is 0 Å². The summed E-state index contributed by atoms with van der Waals surface area (Å²) < 4.78 is 33.4. The van der Waals surface area contributed by atoms with Gasteiger partial charge in [-0.25, -0.2) is 4.57 Å². The zero-order valence-corrected chi connectivity index (χ0v) is 68.3. The Morgan fingerprint density at radius 1 is 0.297 bits per heavy atom. The number of allylic oxidation sites excluding steroid dienone is 10. The van der Waals surface area contributed by atoms with E-state index in [0.717, 1.165) is 51.4 Å². The number of hydrogen-bond donors (Lipinski definition) is 2. The van der Waals surface area contributed by atoms with Gasteiger partial charge in [0.05, 0.1) is 13.2 Å². The van der Waals surface area contributed by atoms with Crippen molar-refractivity contribution < 1.29 is 37.6 Å². The summed E-state index contributed by atoms with van der Waals surface area (Å²) in [6.45, 7) is 3.81. The molecule has 0 saturated heterocycles. The first-order valence-electron chi connectivity index (χ1n) is 44.8. The highest BCUT2D eigenvalue weighted by molar-refractivity contribution is 7.47. The van der Waals surface area contributed by atoms with Gasteiger partial charge in [-0.05, 0) is 83.5 Å². The van der Waals surface area contributed by atoms with Crippen LogP contribution in [0.25, 0.3) is 0 Å². The van der Waals surface area contributed by atoms with Crippen molar-refractivity contribution in [3.63, 3.8) is 0 Å². The minimum atomic E-state index is -4.40. The molecule has 10 heteroatoms. The molecule has 594 valence electrons. The van der Waals surface area contributed by atoms with Crippen LogP contribution < -0.4 is 5.73 Å². The van der Waals surface area contributed by atoms with Gasteiger partial charge in [0.15, 0.2) is 6.10 Å². The van der Waals surface area contributed by atoms with Crippen LogP contribution in [0.2, 0.25) is 0 Å². The Balaban J connectivity index is 3.70. The average molecular weight is 1440 g/mol. The largest absolute Gasteiger partial charge is 0.472 e. The highest BCUT2D eigenvalue weighted by atomic mass is 31.2. The Hall–Kier alpha value is -2.29. The molecule has 0 aromatic carbocycles. The zero-order valence-electron chi connectivity index (χ0n) is 67.4. The molecule has 0 aliphatic carbocycles. The number of ether oxygens (including phenoxy) is 2. The number of hydrogen-bond acceptors (Lipinski definition) is 8. The molecule has 0 aromatic rings. The van der Waals surface area contributed by atoms with Crippen LogP contribution in [0.4, 0.5) is 0 Å². The van der Waals surface area contributed by atoms with Crippen LogP contribution in [-0.4, -0.2) is 49.3 Å². The van der Waals surface area contributed by atoms with Gasteiger partial charge in [-0.3, -0.25) is 18.6 Å². The molecule has 3 N–H and O–H groups in total. The van der Waals surface area contributed by atoms with Crippen molar-refractivity contribution >= 4 is 19.8 Å². The molecule has 101 heavy (non-hydrogen) atoms. The van der Waals surface area contributed by atoms with Crippen LogP contribution in [0.1, 0.15) is 476 Å². The summed E-state index contributed by atoms with van der Waals surface area (Å²) in [6, 6.07) is 0. The summed E-state index contributed by atoms with van der Waals surface area (Å²) in [5.41, 5.74) is 5.43. The summed E-state index contributed by atoms with van der Waals surface area (Å²) in [6.07, 6.45) is 116. The highest BCUT2D eigenvalue weighted by Gasteiger charge is 2.26. The van der Waals surface area contributed by atoms with Gasteiger partial charge in [0, 0.05) is 19.4 Å². The smallest absolute Gasteiger partial charge is 0.462 e. The maximum Gasteiger partial charge on any atom is 0.472 e. The third kappa shape index (κ3) is 86.5. The van der Waals surface area contributed by atoms with Gasteiger partial charge in [-0.15, -0.1) is 0 Å². The monoisotopic (exact) mass is 1440 g/mol. The van der Waals surface area contributed by atoms with E-state index in [0.29, 0.717) is 6.42 Å². The topological polar surface area (TPSA) is 134 Å². The number of unbranched alkanes of at least 4 members (excludes halogenated alkanes) is 63. The third-order valence-corrected chi connectivity index (χ3v) is 21.4. The standard InChI is InChI=1S/C91H172NO8P/c1-3-5-7-9-11-13-15-17-19-21-23-25-27-29-31-33-35-37-39-41-43-44-46-48-50-52-54-56-58-60-62-64-66-68-70-72-74-76-78-80-82-84-91(94)100-89(88-99-101(95,96)98-86-85-92)87-97-90(93)83-81-79-77-75-73-71-69-67-65-63-61-59-57-55-53-51-49-47-45-42-40-38-36-34-32-30-28-26-24-22-20-18-16-14-12-10-8-6-4-2/h15-18,21-24,27,29,89H,3-14,19-20,25-26,28,30-88,92H2,1-2H3,(H,95,96)/b17-15-,18-16-,23-21-,24-22-,29-27-. The van der Waals surface area contributed by atoms with Gasteiger partial charge in [-0.2, -0.15) is 0 Å². The van der Waals surface area contributed by atoms with E-state index in [9.17, 15) is 19.0 Å². The first-order valence-corrected chi connectivity index (χ1v) is 46.3. The number of carbonyl (C=O) groups excluding carboxylic acids is 2. The molecule has 0 saturated carbocycles. The SMILES string of the molecule is CCCCCCC/C=C\C/C=C\C/C=C\CCCCCCCCCCCCCCCCCCCCCCCCCCCCC(=O)OC(COC(=O)CCCCCCCCCCCCCCCCCCCCCCCCCCCCC/C=C\C/C=C\CCCCCCC)COP(=O)(O)OCCN. The molecule has 0 amide bonds. The lowest BCUT2D eigenvalue weighted by Crippen LogP contribution is -2.29. The molecule has 0 heterocycles. The van der Waals surface area contributed by atoms with Gasteiger partial charge < -0.3 is 20.1 Å². The van der Waals surface area contributed by atoms with Gasteiger partial charge in [0.2, 0.25) is 0 Å². The maximum absolute atomic E-state index is 12.8. The van der Waals surface area contributed by atoms with Gasteiger partial charge >= 0.3 is 19.8 Å². The van der Waals surface area contributed by atoms with E-state index in [1.54, 1.807) is 0 Å². The molecule has 2 atom stereocenters. The van der Waals surface area contributed by atoms with Crippen molar-refractivity contribution in [3.05, 3.63) is 60.8 Å². The van der Waals surface area contributed by atoms with Gasteiger partial charge in [0.25, 0.3) is 0 Å². The fraction of sp³-hybridized carbons (Fsp3) is 0.868. The molecule has 0 fully saturated rings. The van der Waals surface area contributed by atoms with Crippen LogP contribution in [0.15, 0.2) is 60.8 Å². The number of phosphoric ester groups is 1. The first kappa shape index (κ1) is 98.7. The number of nitrogens with two attached hydrogens (primary N) is 1. The second kappa shape index (κ2) is 86.6. The Labute approximate surface area is 629 Å². The minimum absolute atomic E-state index is 0.0562. The number of phosphoric acid groups is 1. The minimum Gasteiger partial charge on any atom is -0.462 e. The van der Waals surface area contributed by atoms with E-state index in [4.69, 9.17) is 24.3 Å². The van der Waals surface area contributed by atoms with Crippen LogP contribution in [0.3, 0.4) is 0 Å². The average Bonchev–Trinajstić information content (AvgIpc) is 1.04. The fourth-order valence-corrected chi connectivity index (χ4v) is 14.5. The molecular weight excluding hydrogens is 1270 g/mol. The Morgan fingerprint density at radius 2 is 0.515 bits per heavy atom. The summed E-state index contributed by atoms with van der Waals surface area (Å²) in [4.78, 5) is 35.5. The van der Waals surface area contributed by atoms with E-state index in [2.05, 4.69) is 74.6 Å². The van der Waals surface area contributed by atoms with E-state index in [-0.39, 0.29) is 38.6 Å². The van der Waals surface area contributed by atoms with Gasteiger partial charge in [-0.1, -0.05) is 441 Å². The van der Waals surface area contributed by atoms with Crippen molar-refractivity contribution in [1.82, 2.24) is 0 Å². The fourth-order valence-electron chi connectivity index (χ4n) is 13.7. The summed E-state index contributed by atoms with van der Waals surface area (Å²) in [5.74, 6) is -0.799. The molecular formula is C91H172NO8P. The Bertz CT molecular complexity index is 1850. The summed E-state index contributed by atoms with van der Waals surface area (Å²) >= 11 is 0. The van der Waals surface area contributed by atoms with Crippen LogP contribution >= 0.6 is 7.82 Å².